The SMILES string of the molecule is COC(=O)Cc1c2n(c3ccc(Cl)cc13)CC(N(C)Cc1ccccc1)CC2. The summed E-state index contributed by atoms with van der Waals surface area (Å²) >= 11 is 6.26. The van der Waals surface area contributed by atoms with Gasteiger partial charge in [-0.1, -0.05) is 41.9 Å². The maximum absolute atomic E-state index is 12.0. The van der Waals surface area contributed by atoms with Crippen molar-refractivity contribution in [1.29, 1.82) is 0 Å². The van der Waals surface area contributed by atoms with Crippen molar-refractivity contribution in [2.24, 2.45) is 0 Å². The van der Waals surface area contributed by atoms with Gasteiger partial charge < -0.3 is 9.30 Å². The van der Waals surface area contributed by atoms with Crippen LogP contribution in [0, 0.1) is 0 Å². The van der Waals surface area contributed by atoms with Gasteiger partial charge in [-0.3, -0.25) is 9.69 Å². The molecule has 0 radical (unpaired) electrons. The highest BCUT2D eigenvalue weighted by atomic mass is 35.5. The molecule has 146 valence electrons. The van der Waals surface area contributed by atoms with Crippen LogP contribution in [0.4, 0.5) is 0 Å². The highest BCUT2D eigenvalue weighted by molar-refractivity contribution is 6.31. The van der Waals surface area contributed by atoms with Gasteiger partial charge in [-0.25, -0.2) is 0 Å². The van der Waals surface area contributed by atoms with E-state index in [9.17, 15) is 4.79 Å². The predicted octanol–water partition coefficient (Wildman–Crippen LogP) is 4.46. The van der Waals surface area contributed by atoms with E-state index in [1.807, 2.05) is 12.1 Å². The molecule has 1 unspecified atom stereocenters. The second-order valence-electron chi connectivity index (χ2n) is 7.54. The molecule has 5 heteroatoms. The standard InChI is InChI=1S/C23H25ClN2O2/c1-25(14-16-6-4-3-5-7-16)18-9-11-22-20(13-23(27)28-2)19-12-17(24)8-10-21(19)26(22)15-18/h3-8,10,12,18H,9,11,13-15H2,1-2H3. The van der Waals surface area contributed by atoms with Gasteiger partial charge in [-0.15, -0.1) is 0 Å². The second-order valence-corrected chi connectivity index (χ2v) is 7.98. The maximum Gasteiger partial charge on any atom is 0.310 e. The predicted molar refractivity (Wildman–Crippen MR) is 113 cm³/mol. The number of ether oxygens (including phenoxy) is 1. The van der Waals surface area contributed by atoms with Crippen LogP contribution >= 0.6 is 11.6 Å². The first-order chi connectivity index (χ1) is 13.6. The van der Waals surface area contributed by atoms with Gasteiger partial charge >= 0.3 is 5.97 Å². The number of aromatic nitrogens is 1. The first kappa shape index (κ1) is 19.0. The van der Waals surface area contributed by atoms with Crippen molar-refractivity contribution < 1.29 is 9.53 Å². The van der Waals surface area contributed by atoms with Crippen LogP contribution in [0.25, 0.3) is 10.9 Å². The minimum atomic E-state index is -0.210. The van der Waals surface area contributed by atoms with Crippen LogP contribution in [0.2, 0.25) is 5.02 Å². The molecule has 28 heavy (non-hydrogen) atoms. The smallest absolute Gasteiger partial charge is 0.310 e. The van der Waals surface area contributed by atoms with Crippen molar-refractivity contribution in [1.82, 2.24) is 9.47 Å². The van der Waals surface area contributed by atoms with E-state index in [0.717, 1.165) is 42.4 Å². The fourth-order valence-corrected chi connectivity index (χ4v) is 4.49. The quantitative estimate of drug-likeness (QED) is 0.597. The van der Waals surface area contributed by atoms with E-state index in [1.54, 1.807) is 0 Å². The molecule has 0 aliphatic carbocycles. The topological polar surface area (TPSA) is 34.5 Å². The van der Waals surface area contributed by atoms with Crippen LogP contribution in [0.1, 0.15) is 23.2 Å². The van der Waals surface area contributed by atoms with Crippen molar-refractivity contribution in [2.75, 3.05) is 14.2 Å². The molecule has 3 aromatic rings. The van der Waals surface area contributed by atoms with Gasteiger partial charge in [-0.05, 0) is 49.2 Å². The van der Waals surface area contributed by atoms with E-state index in [4.69, 9.17) is 16.3 Å². The van der Waals surface area contributed by atoms with Gasteiger partial charge in [0.1, 0.15) is 0 Å². The molecule has 2 aromatic carbocycles. The van der Waals surface area contributed by atoms with E-state index in [0.29, 0.717) is 17.5 Å². The Labute approximate surface area is 170 Å². The fourth-order valence-electron chi connectivity index (χ4n) is 4.32. The number of hydrogen-bond acceptors (Lipinski definition) is 3. The number of carbonyl (C=O) groups excluding carboxylic acids is 1. The highest BCUT2D eigenvalue weighted by Crippen LogP contribution is 2.34. The molecule has 0 bridgehead atoms. The normalized spacial score (nSPS) is 16.4. The molecule has 2 heterocycles. The molecule has 1 aliphatic rings. The lowest BCUT2D eigenvalue weighted by atomic mass is 9.99. The van der Waals surface area contributed by atoms with Gasteiger partial charge in [0.15, 0.2) is 0 Å². The molecule has 1 aromatic heterocycles. The summed E-state index contributed by atoms with van der Waals surface area (Å²) < 4.78 is 7.30. The van der Waals surface area contributed by atoms with Gasteiger partial charge in [0, 0.05) is 40.8 Å². The summed E-state index contributed by atoms with van der Waals surface area (Å²) in [6, 6.07) is 17.0. The molecule has 0 spiro atoms. The molecular weight excluding hydrogens is 372 g/mol. The number of carbonyl (C=O) groups is 1. The van der Waals surface area contributed by atoms with Crippen molar-refractivity contribution >= 4 is 28.5 Å². The Hall–Kier alpha value is -2.30. The van der Waals surface area contributed by atoms with E-state index in [2.05, 4.69) is 52.9 Å². The minimum Gasteiger partial charge on any atom is -0.469 e. The molecule has 0 amide bonds. The molecule has 0 N–H and O–H groups in total. The van der Waals surface area contributed by atoms with Crippen LogP contribution in [0.15, 0.2) is 48.5 Å². The zero-order chi connectivity index (χ0) is 19.7. The number of fused-ring (bicyclic) bond motifs is 3. The first-order valence-corrected chi connectivity index (χ1v) is 10.0. The lowest BCUT2D eigenvalue weighted by molar-refractivity contribution is -0.139. The van der Waals surface area contributed by atoms with Crippen molar-refractivity contribution in [3.63, 3.8) is 0 Å². The largest absolute Gasteiger partial charge is 0.469 e. The molecule has 0 fully saturated rings. The highest BCUT2D eigenvalue weighted by Gasteiger charge is 2.28. The van der Waals surface area contributed by atoms with Crippen molar-refractivity contribution in [3.8, 4) is 0 Å². The molecule has 1 aliphatic heterocycles. The molecule has 1 atom stereocenters. The summed E-state index contributed by atoms with van der Waals surface area (Å²) in [7, 11) is 3.63. The molecule has 0 saturated heterocycles. The van der Waals surface area contributed by atoms with Crippen molar-refractivity contribution in [2.45, 2.75) is 38.4 Å². The summed E-state index contributed by atoms with van der Waals surface area (Å²) in [6.07, 6.45) is 2.31. The monoisotopic (exact) mass is 396 g/mol. The van der Waals surface area contributed by atoms with Gasteiger partial charge in [0.25, 0.3) is 0 Å². The zero-order valence-corrected chi connectivity index (χ0v) is 17.1. The molecule has 4 rings (SSSR count). The second kappa shape index (κ2) is 7.98. The number of benzene rings is 2. The average molecular weight is 397 g/mol. The summed E-state index contributed by atoms with van der Waals surface area (Å²) in [5.74, 6) is -0.210. The number of rotatable bonds is 5. The lowest BCUT2D eigenvalue weighted by Crippen LogP contribution is -2.38. The van der Waals surface area contributed by atoms with E-state index < -0.39 is 0 Å². The molecular formula is C23H25ClN2O2. The van der Waals surface area contributed by atoms with Crippen LogP contribution in [0.3, 0.4) is 0 Å². The summed E-state index contributed by atoms with van der Waals surface area (Å²) in [4.78, 5) is 14.4. The summed E-state index contributed by atoms with van der Waals surface area (Å²) in [5.41, 5.74) is 4.78. The Balaban J connectivity index is 1.65. The lowest BCUT2D eigenvalue weighted by Gasteiger charge is -2.33. The van der Waals surface area contributed by atoms with Crippen LogP contribution in [-0.4, -0.2) is 35.6 Å². The third-order valence-electron chi connectivity index (χ3n) is 5.80. The Morgan fingerprint density at radius 3 is 2.79 bits per heavy atom. The molecule has 4 nitrogen and oxygen atoms in total. The Morgan fingerprint density at radius 1 is 1.25 bits per heavy atom. The maximum atomic E-state index is 12.0. The Morgan fingerprint density at radius 2 is 2.04 bits per heavy atom. The fraction of sp³-hybridized carbons (Fsp3) is 0.348. The third kappa shape index (κ3) is 3.67. The van der Waals surface area contributed by atoms with E-state index >= 15 is 0 Å². The van der Waals surface area contributed by atoms with Gasteiger partial charge in [0.05, 0.1) is 13.5 Å². The average Bonchev–Trinajstić information content (AvgIpc) is 3.00. The number of esters is 1. The van der Waals surface area contributed by atoms with Crippen LogP contribution in [0.5, 0.6) is 0 Å². The Kier molecular flexibility index (Phi) is 5.42. The van der Waals surface area contributed by atoms with Gasteiger partial charge in [-0.2, -0.15) is 0 Å². The minimum absolute atomic E-state index is 0.210. The number of likely N-dealkylation sites (N-methyl/N-ethyl adjacent to an activating group) is 1. The van der Waals surface area contributed by atoms with Crippen LogP contribution < -0.4 is 0 Å². The number of halogens is 1. The summed E-state index contributed by atoms with van der Waals surface area (Å²) in [5, 5.41) is 1.76. The van der Waals surface area contributed by atoms with E-state index in [-0.39, 0.29) is 5.97 Å². The van der Waals surface area contributed by atoms with E-state index in [1.165, 1.54) is 18.4 Å². The number of hydrogen-bond donors (Lipinski definition) is 0. The Bertz CT molecular complexity index is 997. The zero-order valence-electron chi connectivity index (χ0n) is 16.3. The first-order valence-electron chi connectivity index (χ1n) is 9.67. The number of nitrogens with zero attached hydrogens (tertiary/aromatic N) is 2. The van der Waals surface area contributed by atoms with Gasteiger partial charge in [0.2, 0.25) is 0 Å². The third-order valence-corrected chi connectivity index (χ3v) is 6.04. The molecule has 0 saturated carbocycles. The number of methoxy groups -OCH3 is 1. The summed E-state index contributed by atoms with van der Waals surface area (Å²) in [6.45, 7) is 1.85. The van der Waals surface area contributed by atoms with Crippen molar-refractivity contribution in [3.05, 3.63) is 70.4 Å². The van der Waals surface area contributed by atoms with Crippen LogP contribution in [-0.2, 0) is 35.5 Å².